The predicted molar refractivity (Wildman–Crippen MR) is 60.2 cm³/mol. The number of carboxylic acid groups (broad SMARTS) is 1. The van der Waals surface area contributed by atoms with Crippen LogP contribution in [-0.4, -0.2) is 23.0 Å². The summed E-state index contributed by atoms with van der Waals surface area (Å²) in [6.07, 6.45) is 0.159. The summed E-state index contributed by atoms with van der Waals surface area (Å²) in [4.78, 5) is 22.2. The molecule has 0 heterocycles. The Morgan fingerprint density at radius 3 is 2.56 bits per heavy atom. The highest BCUT2D eigenvalue weighted by molar-refractivity contribution is 5.94. The van der Waals surface area contributed by atoms with E-state index in [2.05, 4.69) is 5.32 Å². The van der Waals surface area contributed by atoms with Crippen molar-refractivity contribution in [1.82, 2.24) is 5.32 Å². The van der Waals surface area contributed by atoms with E-state index >= 15 is 0 Å². The van der Waals surface area contributed by atoms with Crippen molar-refractivity contribution >= 4 is 11.9 Å². The number of nitrogens with one attached hydrogen (secondary N) is 1. The Balaban J connectivity index is 2.77. The number of aliphatic carboxylic acids is 1. The molecule has 0 aliphatic heterocycles. The molecule has 4 nitrogen and oxygen atoms in total. The zero-order valence-electron chi connectivity index (χ0n) is 9.74. The van der Waals surface area contributed by atoms with E-state index in [1.807, 2.05) is 0 Å². The largest absolute Gasteiger partial charge is 0.481 e. The standard InChI is InChI=1S/C12H13F2NO3/c1-2-8(6-11(16)17)15-12(18)9-4-3-7(13)5-10(9)14/h3-5,8H,2,6H2,1H3,(H,15,18)(H,16,17). The monoisotopic (exact) mass is 257 g/mol. The molecule has 1 rings (SSSR count). The van der Waals surface area contributed by atoms with Crippen LogP contribution in [0.3, 0.4) is 0 Å². The molecular weight excluding hydrogens is 244 g/mol. The van der Waals surface area contributed by atoms with Crippen LogP contribution in [0.1, 0.15) is 30.1 Å². The molecule has 0 fully saturated rings. The second-order valence-electron chi connectivity index (χ2n) is 3.80. The third-order valence-corrected chi connectivity index (χ3v) is 2.42. The summed E-state index contributed by atoms with van der Waals surface area (Å²) in [5.41, 5.74) is -0.305. The Kier molecular flexibility index (Phi) is 4.76. The molecule has 6 heteroatoms. The quantitative estimate of drug-likeness (QED) is 0.847. The first kappa shape index (κ1) is 14.1. The molecule has 0 bridgehead atoms. The van der Waals surface area contributed by atoms with Gasteiger partial charge in [0.2, 0.25) is 0 Å². The number of benzene rings is 1. The van der Waals surface area contributed by atoms with E-state index in [1.54, 1.807) is 6.92 Å². The van der Waals surface area contributed by atoms with Crippen LogP contribution in [0.4, 0.5) is 8.78 Å². The van der Waals surface area contributed by atoms with Gasteiger partial charge in [0, 0.05) is 12.1 Å². The number of halogens is 2. The summed E-state index contributed by atoms with van der Waals surface area (Å²) in [6.45, 7) is 1.70. The van der Waals surface area contributed by atoms with Crippen LogP contribution in [0.25, 0.3) is 0 Å². The zero-order valence-corrected chi connectivity index (χ0v) is 9.74. The van der Waals surface area contributed by atoms with Gasteiger partial charge < -0.3 is 10.4 Å². The maximum atomic E-state index is 13.3. The highest BCUT2D eigenvalue weighted by Gasteiger charge is 2.17. The van der Waals surface area contributed by atoms with Crippen molar-refractivity contribution in [1.29, 1.82) is 0 Å². The fourth-order valence-electron chi connectivity index (χ4n) is 1.44. The lowest BCUT2D eigenvalue weighted by molar-refractivity contribution is -0.137. The molecule has 18 heavy (non-hydrogen) atoms. The molecule has 1 aromatic rings. The van der Waals surface area contributed by atoms with Gasteiger partial charge in [0.15, 0.2) is 0 Å². The van der Waals surface area contributed by atoms with Gasteiger partial charge in [-0.1, -0.05) is 6.92 Å². The second-order valence-corrected chi connectivity index (χ2v) is 3.80. The van der Waals surface area contributed by atoms with Gasteiger partial charge in [-0.2, -0.15) is 0 Å². The van der Waals surface area contributed by atoms with E-state index in [9.17, 15) is 18.4 Å². The minimum absolute atomic E-state index is 0.245. The van der Waals surface area contributed by atoms with Crippen LogP contribution in [0.5, 0.6) is 0 Å². The molecule has 98 valence electrons. The van der Waals surface area contributed by atoms with Crippen molar-refractivity contribution in [3.05, 3.63) is 35.4 Å². The summed E-state index contributed by atoms with van der Waals surface area (Å²) < 4.78 is 26.0. The highest BCUT2D eigenvalue weighted by atomic mass is 19.1. The smallest absolute Gasteiger partial charge is 0.305 e. The van der Waals surface area contributed by atoms with Crippen molar-refractivity contribution in [3.8, 4) is 0 Å². The Bertz CT molecular complexity index is 463. The van der Waals surface area contributed by atoms with E-state index in [1.165, 1.54) is 0 Å². The SMILES string of the molecule is CCC(CC(=O)O)NC(=O)c1ccc(F)cc1F. The third kappa shape index (κ3) is 3.80. The van der Waals surface area contributed by atoms with Crippen molar-refractivity contribution < 1.29 is 23.5 Å². The number of rotatable bonds is 5. The van der Waals surface area contributed by atoms with Crippen molar-refractivity contribution in [2.75, 3.05) is 0 Å². The number of amides is 1. The first-order valence-corrected chi connectivity index (χ1v) is 5.41. The molecule has 0 aromatic heterocycles. The lowest BCUT2D eigenvalue weighted by Crippen LogP contribution is -2.36. The molecule has 1 aromatic carbocycles. The van der Waals surface area contributed by atoms with Gasteiger partial charge in [-0.05, 0) is 18.6 Å². The van der Waals surface area contributed by atoms with Gasteiger partial charge in [-0.25, -0.2) is 8.78 Å². The average Bonchev–Trinajstić information content (AvgIpc) is 2.27. The fraction of sp³-hybridized carbons (Fsp3) is 0.333. The Labute approximate surface area is 103 Å². The number of carbonyl (C=O) groups is 2. The molecule has 1 unspecified atom stereocenters. The number of carbonyl (C=O) groups excluding carboxylic acids is 1. The average molecular weight is 257 g/mol. The Morgan fingerprint density at radius 1 is 1.39 bits per heavy atom. The highest BCUT2D eigenvalue weighted by Crippen LogP contribution is 2.10. The molecule has 1 atom stereocenters. The molecule has 0 radical (unpaired) electrons. The van der Waals surface area contributed by atoms with Gasteiger partial charge in [0.25, 0.3) is 5.91 Å². The fourth-order valence-corrected chi connectivity index (χ4v) is 1.44. The summed E-state index contributed by atoms with van der Waals surface area (Å²) in [5.74, 6) is -3.55. The lowest BCUT2D eigenvalue weighted by Gasteiger charge is -2.15. The minimum atomic E-state index is -1.05. The second kappa shape index (κ2) is 6.09. The van der Waals surface area contributed by atoms with Gasteiger partial charge in [-0.3, -0.25) is 9.59 Å². The molecule has 0 aliphatic carbocycles. The number of hydrogen-bond acceptors (Lipinski definition) is 2. The predicted octanol–water partition coefficient (Wildman–Crippen LogP) is 1.95. The van der Waals surface area contributed by atoms with Gasteiger partial charge in [-0.15, -0.1) is 0 Å². The van der Waals surface area contributed by atoms with Gasteiger partial charge in [0.05, 0.1) is 12.0 Å². The molecule has 0 aliphatic rings. The topological polar surface area (TPSA) is 66.4 Å². The normalized spacial score (nSPS) is 11.9. The minimum Gasteiger partial charge on any atom is -0.481 e. The van der Waals surface area contributed by atoms with Gasteiger partial charge >= 0.3 is 5.97 Å². The van der Waals surface area contributed by atoms with Crippen LogP contribution >= 0.6 is 0 Å². The van der Waals surface area contributed by atoms with Crippen molar-refractivity contribution in [2.45, 2.75) is 25.8 Å². The van der Waals surface area contributed by atoms with Crippen molar-refractivity contribution in [3.63, 3.8) is 0 Å². The summed E-state index contributed by atoms with van der Waals surface area (Å²) in [6, 6.07) is 2.01. The lowest BCUT2D eigenvalue weighted by atomic mass is 10.1. The van der Waals surface area contributed by atoms with E-state index in [-0.39, 0.29) is 12.0 Å². The molecule has 1 amide bonds. The van der Waals surface area contributed by atoms with E-state index in [0.29, 0.717) is 12.5 Å². The number of hydrogen-bond donors (Lipinski definition) is 2. The van der Waals surface area contributed by atoms with Crippen LogP contribution < -0.4 is 5.32 Å². The summed E-state index contributed by atoms with van der Waals surface area (Å²) in [7, 11) is 0. The molecule has 0 spiro atoms. The van der Waals surface area contributed by atoms with Crippen LogP contribution in [0.2, 0.25) is 0 Å². The number of carboxylic acids is 1. The van der Waals surface area contributed by atoms with Crippen LogP contribution in [0, 0.1) is 11.6 Å². The van der Waals surface area contributed by atoms with Gasteiger partial charge in [0.1, 0.15) is 11.6 Å². The molecule has 2 N–H and O–H groups in total. The van der Waals surface area contributed by atoms with Crippen molar-refractivity contribution in [2.24, 2.45) is 0 Å². The maximum absolute atomic E-state index is 13.3. The van der Waals surface area contributed by atoms with E-state index < -0.39 is 29.6 Å². The molecule has 0 saturated heterocycles. The Hall–Kier alpha value is -1.98. The molecule has 0 saturated carbocycles. The molecular formula is C12H13F2NO3. The van der Waals surface area contributed by atoms with Crippen LogP contribution in [0.15, 0.2) is 18.2 Å². The first-order chi connectivity index (χ1) is 8.43. The first-order valence-electron chi connectivity index (χ1n) is 5.41. The summed E-state index contributed by atoms with van der Waals surface area (Å²) >= 11 is 0. The van der Waals surface area contributed by atoms with E-state index in [0.717, 1.165) is 12.1 Å². The maximum Gasteiger partial charge on any atom is 0.305 e. The third-order valence-electron chi connectivity index (χ3n) is 2.42. The summed E-state index contributed by atoms with van der Waals surface area (Å²) in [5, 5.41) is 11.0. The van der Waals surface area contributed by atoms with E-state index in [4.69, 9.17) is 5.11 Å². The van der Waals surface area contributed by atoms with Crippen LogP contribution in [-0.2, 0) is 4.79 Å². The Morgan fingerprint density at radius 2 is 2.06 bits per heavy atom. The zero-order chi connectivity index (χ0) is 13.7.